The van der Waals surface area contributed by atoms with Crippen LogP contribution in [0.4, 0.5) is 5.82 Å². The minimum Gasteiger partial charge on any atom is -0.383 e. The third kappa shape index (κ3) is 3.86. The number of methoxy groups -OCH3 is 1. The number of anilines is 1. The molecule has 0 fully saturated rings. The van der Waals surface area contributed by atoms with Crippen molar-refractivity contribution >= 4 is 11.9 Å². The SMILES string of the molecule is C=Cc1cc(C(C)C)cc(N(C)CCOC)n1. The molecule has 1 aromatic rings. The van der Waals surface area contributed by atoms with E-state index < -0.39 is 0 Å². The molecule has 0 radical (unpaired) electrons. The molecule has 0 spiro atoms. The van der Waals surface area contributed by atoms with Gasteiger partial charge in [0.05, 0.1) is 12.3 Å². The van der Waals surface area contributed by atoms with Crippen LogP contribution in [0.2, 0.25) is 0 Å². The van der Waals surface area contributed by atoms with Crippen LogP contribution in [-0.2, 0) is 4.74 Å². The molecular formula is C14H22N2O. The highest BCUT2D eigenvalue weighted by atomic mass is 16.5. The lowest BCUT2D eigenvalue weighted by Crippen LogP contribution is -2.23. The molecular weight excluding hydrogens is 212 g/mol. The van der Waals surface area contributed by atoms with Crippen LogP contribution < -0.4 is 4.90 Å². The molecule has 0 bridgehead atoms. The quantitative estimate of drug-likeness (QED) is 0.756. The number of nitrogens with zero attached hydrogens (tertiary/aromatic N) is 2. The standard InChI is InChI=1S/C14H22N2O/c1-6-13-9-12(11(2)3)10-14(15-13)16(4)7-8-17-5/h6,9-11H,1,7-8H2,2-5H3. The fourth-order valence-electron chi connectivity index (χ4n) is 1.53. The Balaban J connectivity index is 2.97. The summed E-state index contributed by atoms with van der Waals surface area (Å²) in [7, 11) is 3.74. The first-order chi connectivity index (χ1) is 8.08. The van der Waals surface area contributed by atoms with Gasteiger partial charge in [0.15, 0.2) is 0 Å². The molecule has 0 aliphatic heterocycles. The molecule has 0 saturated carbocycles. The van der Waals surface area contributed by atoms with Crippen molar-refractivity contribution in [2.45, 2.75) is 19.8 Å². The number of hydrogen-bond donors (Lipinski definition) is 0. The van der Waals surface area contributed by atoms with Crippen molar-refractivity contribution in [3.63, 3.8) is 0 Å². The molecule has 0 aromatic carbocycles. The normalized spacial score (nSPS) is 10.6. The molecule has 0 atom stereocenters. The highest BCUT2D eigenvalue weighted by Crippen LogP contribution is 2.21. The molecule has 94 valence electrons. The van der Waals surface area contributed by atoms with E-state index in [-0.39, 0.29) is 0 Å². The van der Waals surface area contributed by atoms with E-state index in [1.54, 1.807) is 13.2 Å². The second-order valence-corrected chi connectivity index (χ2v) is 4.46. The first-order valence-electron chi connectivity index (χ1n) is 5.93. The molecule has 0 aliphatic carbocycles. The Morgan fingerprint density at radius 2 is 2.18 bits per heavy atom. The first kappa shape index (κ1) is 13.7. The average molecular weight is 234 g/mol. The van der Waals surface area contributed by atoms with Crippen molar-refractivity contribution in [1.29, 1.82) is 0 Å². The van der Waals surface area contributed by atoms with Crippen LogP contribution in [0.1, 0.15) is 31.0 Å². The Morgan fingerprint density at radius 3 is 2.71 bits per heavy atom. The van der Waals surface area contributed by atoms with E-state index in [0.29, 0.717) is 12.5 Å². The zero-order valence-electron chi connectivity index (χ0n) is 11.2. The molecule has 3 nitrogen and oxygen atoms in total. The van der Waals surface area contributed by atoms with Gasteiger partial charge in [-0.25, -0.2) is 4.98 Å². The second-order valence-electron chi connectivity index (χ2n) is 4.46. The summed E-state index contributed by atoms with van der Waals surface area (Å²) >= 11 is 0. The lowest BCUT2D eigenvalue weighted by atomic mass is 10.0. The van der Waals surface area contributed by atoms with Crippen LogP contribution in [0.5, 0.6) is 0 Å². The van der Waals surface area contributed by atoms with E-state index in [1.807, 2.05) is 7.05 Å². The van der Waals surface area contributed by atoms with Gasteiger partial charge in [-0.1, -0.05) is 20.4 Å². The molecule has 1 heterocycles. The largest absolute Gasteiger partial charge is 0.383 e. The van der Waals surface area contributed by atoms with E-state index in [1.165, 1.54) is 5.56 Å². The van der Waals surface area contributed by atoms with Gasteiger partial charge in [-0.05, 0) is 29.7 Å². The Labute approximate surface area is 104 Å². The smallest absolute Gasteiger partial charge is 0.129 e. The topological polar surface area (TPSA) is 25.4 Å². The van der Waals surface area contributed by atoms with Gasteiger partial charge in [-0.15, -0.1) is 0 Å². The van der Waals surface area contributed by atoms with Crippen LogP contribution in [-0.4, -0.2) is 32.3 Å². The van der Waals surface area contributed by atoms with E-state index >= 15 is 0 Å². The third-order valence-corrected chi connectivity index (χ3v) is 2.75. The summed E-state index contributed by atoms with van der Waals surface area (Å²) in [5, 5.41) is 0. The summed E-state index contributed by atoms with van der Waals surface area (Å²) < 4.78 is 5.08. The van der Waals surface area contributed by atoms with Crippen LogP contribution in [0.3, 0.4) is 0 Å². The molecule has 0 unspecified atom stereocenters. The maximum Gasteiger partial charge on any atom is 0.129 e. The first-order valence-corrected chi connectivity index (χ1v) is 5.93. The summed E-state index contributed by atoms with van der Waals surface area (Å²) in [6, 6.07) is 4.22. The van der Waals surface area contributed by atoms with E-state index in [2.05, 4.69) is 42.4 Å². The molecule has 3 heteroatoms. The van der Waals surface area contributed by atoms with Crippen molar-refractivity contribution in [3.8, 4) is 0 Å². The van der Waals surface area contributed by atoms with Gasteiger partial charge >= 0.3 is 0 Å². The Morgan fingerprint density at radius 1 is 1.47 bits per heavy atom. The van der Waals surface area contributed by atoms with Crippen LogP contribution in [0.15, 0.2) is 18.7 Å². The third-order valence-electron chi connectivity index (χ3n) is 2.75. The number of hydrogen-bond acceptors (Lipinski definition) is 3. The minimum atomic E-state index is 0.492. The van der Waals surface area contributed by atoms with Crippen molar-refractivity contribution in [2.24, 2.45) is 0 Å². The molecule has 0 amide bonds. The predicted molar refractivity (Wildman–Crippen MR) is 73.6 cm³/mol. The van der Waals surface area contributed by atoms with Crippen molar-refractivity contribution in [1.82, 2.24) is 4.98 Å². The number of ether oxygens (including phenoxy) is 1. The Hall–Kier alpha value is -1.35. The van der Waals surface area contributed by atoms with Crippen molar-refractivity contribution < 1.29 is 4.74 Å². The van der Waals surface area contributed by atoms with Gasteiger partial charge in [-0.3, -0.25) is 0 Å². The fraction of sp³-hybridized carbons (Fsp3) is 0.500. The number of aromatic nitrogens is 1. The van der Waals surface area contributed by atoms with E-state index in [4.69, 9.17) is 4.74 Å². The predicted octanol–water partition coefficient (Wildman–Crippen LogP) is 2.93. The Kier molecular flexibility index (Phi) is 5.16. The highest BCUT2D eigenvalue weighted by molar-refractivity contribution is 5.51. The summed E-state index contributed by atoms with van der Waals surface area (Å²) in [5.41, 5.74) is 2.21. The number of rotatable bonds is 6. The molecule has 0 N–H and O–H groups in total. The maximum atomic E-state index is 5.08. The van der Waals surface area contributed by atoms with Crippen LogP contribution in [0.25, 0.3) is 6.08 Å². The summed E-state index contributed by atoms with van der Waals surface area (Å²) in [5.74, 6) is 1.47. The van der Waals surface area contributed by atoms with E-state index in [9.17, 15) is 0 Å². The van der Waals surface area contributed by atoms with Gasteiger partial charge in [0.2, 0.25) is 0 Å². The van der Waals surface area contributed by atoms with E-state index in [0.717, 1.165) is 18.1 Å². The Bertz CT molecular complexity index is 374. The lowest BCUT2D eigenvalue weighted by molar-refractivity contribution is 0.206. The zero-order chi connectivity index (χ0) is 12.8. The van der Waals surface area contributed by atoms with Gasteiger partial charge in [0, 0.05) is 20.7 Å². The number of likely N-dealkylation sites (N-methyl/N-ethyl adjacent to an activating group) is 1. The van der Waals surface area contributed by atoms with Crippen molar-refractivity contribution in [3.05, 3.63) is 30.0 Å². The highest BCUT2D eigenvalue weighted by Gasteiger charge is 2.07. The van der Waals surface area contributed by atoms with Gasteiger partial charge in [0.25, 0.3) is 0 Å². The fourth-order valence-corrected chi connectivity index (χ4v) is 1.53. The summed E-state index contributed by atoms with van der Waals surface area (Å²) in [6.07, 6.45) is 1.79. The molecule has 0 aliphatic rings. The monoisotopic (exact) mass is 234 g/mol. The maximum absolute atomic E-state index is 5.08. The summed E-state index contributed by atoms with van der Waals surface area (Å²) in [4.78, 5) is 6.64. The molecule has 1 rings (SSSR count). The lowest BCUT2D eigenvalue weighted by Gasteiger charge is -2.20. The summed E-state index contributed by atoms with van der Waals surface area (Å²) in [6.45, 7) is 9.69. The second kappa shape index (κ2) is 6.40. The van der Waals surface area contributed by atoms with Crippen LogP contribution in [0, 0.1) is 0 Å². The average Bonchev–Trinajstić information content (AvgIpc) is 2.35. The van der Waals surface area contributed by atoms with Gasteiger partial charge in [0.1, 0.15) is 5.82 Å². The number of pyridine rings is 1. The minimum absolute atomic E-state index is 0.492. The van der Waals surface area contributed by atoms with Gasteiger partial charge < -0.3 is 9.64 Å². The molecule has 1 aromatic heterocycles. The van der Waals surface area contributed by atoms with Gasteiger partial charge in [-0.2, -0.15) is 0 Å². The van der Waals surface area contributed by atoms with Crippen molar-refractivity contribution in [2.75, 3.05) is 32.2 Å². The molecule has 17 heavy (non-hydrogen) atoms. The zero-order valence-corrected chi connectivity index (χ0v) is 11.2. The van der Waals surface area contributed by atoms with Crippen LogP contribution >= 0.6 is 0 Å². The molecule has 0 saturated heterocycles.